The Balaban J connectivity index is 1.57. The van der Waals surface area contributed by atoms with E-state index in [0.29, 0.717) is 30.4 Å². The van der Waals surface area contributed by atoms with Gasteiger partial charge < -0.3 is 9.84 Å². The molecule has 2 aromatic rings. The van der Waals surface area contributed by atoms with Crippen LogP contribution in [0.3, 0.4) is 0 Å². The molecule has 2 aromatic carbocycles. The summed E-state index contributed by atoms with van der Waals surface area (Å²) in [6, 6.07) is 10.9. The van der Waals surface area contributed by atoms with E-state index in [1.807, 2.05) is 23.9 Å². The fraction of sp³-hybridized carbons (Fsp3) is 0.500. The van der Waals surface area contributed by atoms with Gasteiger partial charge in [0.1, 0.15) is 5.75 Å². The molecule has 31 heavy (non-hydrogen) atoms. The van der Waals surface area contributed by atoms with E-state index < -0.39 is 10.0 Å². The number of aryl methyl sites for hydroxylation is 2. The first kappa shape index (κ1) is 22.5. The number of anilines is 1. The van der Waals surface area contributed by atoms with Gasteiger partial charge in [0, 0.05) is 12.1 Å². The summed E-state index contributed by atoms with van der Waals surface area (Å²) in [5, 5.41) is 9.88. The lowest BCUT2D eigenvalue weighted by Crippen LogP contribution is -2.35. The van der Waals surface area contributed by atoms with Gasteiger partial charge in [-0.15, -0.1) is 0 Å². The topological polar surface area (TPSA) is 66.8 Å². The van der Waals surface area contributed by atoms with Crippen molar-refractivity contribution < 1.29 is 18.3 Å². The number of hydrogen-bond donors (Lipinski definition) is 1. The van der Waals surface area contributed by atoms with Gasteiger partial charge in [0.05, 0.1) is 23.8 Å². The molecule has 0 radical (unpaired) electrons. The van der Waals surface area contributed by atoms with Crippen molar-refractivity contribution in [1.29, 1.82) is 0 Å². The molecule has 0 atom stereocenters. The van der Waals surface area contributed by atoms with Crippen LogP contribution in [-0.4, -0.2) is 38.2 Å². The van der Waals surface area contributed by atoms with Crippen molar-refractivity contribution in [2.24, 2.45) is 5.92 Å². The Morgan fingerprint density at radius 2 is 1.97 bits per heavy atom. The summed E-state index contributed by atoms with van der Waals surface area (Å²) in [7, 11) is -3.72. The van der Waals surface area contributed by atoms with Crippen LogP contribution in [0.25, 0.3) is 0 Å². The number of aliphatic hydroxyl groups is 1. The zero-order valence-corrected chi connectivity index (χ0v) is 19.7. The lowest BCUT2D eigenvalue weighted by Gasteiger charge is -2.31. The van der Waals surface area contributed by atoms with E-state index in [1.165, 1.54) is 9.87 Å². The minimum absolute atomic E-state index is 0.199. The third kappa shape index (κ3) is 4.89. The van der Waals surface area contributed by atoms with Crippen molar-refractivity contribution in [2.75, 3.05) is 29.0 Å². The van der Waals surface area contributed by atoms with Gasteiger partial charge in [0.25, 0.3) is 10.0 Å². The summed E-state index contributed by atoms with van der Waals surface area (Å²) in [4.78, 5) is 0.199. The molecule has 0 spiro atoms. The molecule has 0 amide bonds. The number of fused-ring (bicyclic) bond motifs is 1. The fourth-order valence-corrected chi connectivity index (χ4v) is 7.11. The van der Waals surface area contributed by atoms with Gasteiger partial charge in [-0.2, -0.15) is 11.8 Å². The van der Waals surface area contributed by atoms with Crippen molar-refractivity contribution in [1.82, 2.24) is 0 Å². The van der Waals surface area contributed by atoms with Gasteiger partial charge in [-0.3, -0.25) is 4.31 Å². The summed E-state index contributed by atoms with van der Waals surface area (Å²) < 4.78 is 34.5. The minimum Gasteiger partial charge on any atom is -0.493 e. The van der Waals surface area contributed by atoms with E-state index in [4.69, 9.17) is 4.74 Å². The summed E-state index contributed by atoms with van der Waals surface area (Å²) in [6.45, 7) is 2.92. The van der Waals surface area contributed by atoms with E-state index in [1.54, 1.807) is 18.2 Å². The van der Waals surface area contributed by atoms with Crippen LogP contribution in [0.2, 0.25) is 0 Å². The molecular formula is C24H31NO4S2. The maximum atomic E-state index is 13.5. The van der Waals surface area contributed by atoms with Crippen LogP contribution in [0.15, 0.2) is 41.3 Å². The predicted octanol–water partition coefficient (Wildman–Crippen LogP) is 4.40. The van der Waals surface area contributed by atoms with Crippen LogP contribution in [0.1, 0.15) is 42.9 Å². The molecule has 1 N–H and O–H groups in total. The first-order valence-corrected chi connectivity index (χ1v) is 13.7. The molecule has 0 aromatic heterocycles. The van der Waals surface area contributed by atoms with Crippen LogP contribution >= 0.6 is 11.8 Å². The molecule has 1 fully saturated rings. The zero-order valence-electron chi connectivity index (χ0n) is 18.0. The Labute approximate surface area is 189 Å². The molecule has 2 aliphatic heterocycles. The van der Waals surface area contributed by atoms with Crippen LogP contribution in [-0.2, 0) is 29.5 Å². The van der Waals surface area contributed by atoms with E-state index in [9.17, 15) is 13.5 Å². The fourth-order valence-electron chi connectivity index (χ4n) is 4.31. The first-order chi connectivity index (χ1) is 15.0. The molecular weight excluding hydrogens is 430 g/mol. The highest BCUT2D eigenvalue weighted by Gasteiger charge is 2.30. The number of rotatable bonds is 7. The molecule has 4 rings (SSSR count). The second-order valence-electron chi connectivity index (χ2n) is 8.29. The molecule has 0 bridgehead atoms. The zero-order chi connectivity index (χ0) is 21.8. The van der Waals surface area contributed by atoms with Gasteiger partial charge in [-0.1, -0.05) is 19.1 Å². The van der Waals surface area contributed by atoms with Gasteiger partial charge >= 0.3 is 0 Å². The lowest BCUT2D eigenvalue weighted by molar-refractivity contribution is 0.226. The number of sulfonamides is 1. The molecule has 0 saturated carbocycles. The van der Waals surface area contributed by atoms with Crippen molar-refractivity contribution in [3.8, 4) is 5.75 Å². The third-order valence-corrected chi connectivity index (χ3v) is 9.09. The Morgan fingerprint density at radius 1 is 1.16 bits per heavy atom. The molecule has 7 heteroatoms. The molecule has 1 saturated heterocycles. The number of nitrogens with zero attached hydrogens (tertiary/aromatic N) is 1. The van der Waals surface area contributed by atoms with Gasteiger partial charge in [-0.05, 0) is 84.9 Å². The van der Waals surface area contributed by atoms with Crippen LogP contribution < -0.4 is 9.04 Å². The summed E-state index contributed by atoms with van der Waals surface area (Å²) in [5.74, 6) is 3.42. The lowest BCUT2D eigenvalue weighted by atomic mass is 10.00. The number of benzene rings is 2. The van der Waals surface area contributed by atoms with Gasteiger partial charge in [0.15, 0.2) is 0 Å². The quantitative estimate of drug-likeness (QED) is 0.662. The van der Waals surface area contributed by atoms with Crippen molar-refractivity contribution in [2.45, 2.75) is 50.5 Å². The Morgan fingerprint density at radius 3 is 2.71 bits per heavy atom. The summed E-state index contributed by atoms with van der Waals surface area (Å²) in [6.07, 6.45) is 4.90. The number of aliphatic hydroxyl groups excluding tert-OH is 1. The number of hydrogen-bond acceptors (Lipinski definition) is 5. The van der Waals surface area contributed by atoms with Crippen molar-refractivity contribution in [3.05, 3.63) is 53.1 Å². The Kier molecular flexibility index (Phi) is 7.14. The second kappa shape index (κ2) is 9.84. The smallest absolute Gasteiger partial charge is 0.264 e. The highest BCUT2D eigenvalue weighted by atomic mass is 32.2. The van der Waals surface area contributed by atoms with E-state index in [-0.39, 0.29) is 11.5 Å². The maximum absolute atomic E-state index is 13.5. The van der Waals surface area contributed by atoms with Gasteiger partial charge in [-0.25, -0.2) is 8.42 Å². The number of ether oxygens (including phenoxy) is 1. The highest BCUT2D eigenvalue weighted by Crippen LogP contribution is 2.34. The number of thioether (sulfide) groups is 1. The Hall–Kier alpha value is -1.70. The molecule has 2 heterocycles. The predicted molar refractivity (Wildman–Crippen MR) is 127 cm³/mol. The average Bonchev–Trinajstić information content (AvgIpc) is 2.82. The standard InChI is InChI=1S/C24H31NO4S2/c1-2-18-5-7-23-20(14-18)4-3-11-25(23)31(27,28)22-6-8-24(21(15-22)16-26)29-17-19-9-12-30-13-10-19/h5-8,14-15,19,26H,2-4,9-13,16-17H2,1H3. The second-order valence-corrected chi connectivity index (χ2v) is 11.4. The van der Waals surface area contributed by atoms with E-state index in [2.05, 4.69) is 13.0 Å². The molecule has 0 unspecified atom stereocenters. The Bertz CT molecular complexity index is 1020. The summed E-state index contributed by atoms with van der Waals surface area (Å²) >= 11 is 1.98. The minimum atomic E-state index is -3.72. The maximum Gasteiger partial charge on any atom is 0.264 e. The van der Waals surface area contributed by atoms with Crippen molar-refractivity contribution in [3.63, 3.8) is 0 Å². The molecule has 0 aliphatic carbocycles. The largest absolute Gasteiger partial charge is 0.493 e. The van der Waals surface area contributed by atoms with Crippen LogP contribution in [0.5, 0.6) is 5.75 Å². The van der Waals surface area contributed by atoms with E-state index in [0.717, 1.165) is 54.9 Å². The van der Waals surface area contributed by atoms with Crippen LogP contribution in [0.4, 0.5) is 5.69 Å². The molecule has 5 nitrogen and oxygen atoms in total. The first-order valence-electron chi connectivity index (χ1n) is 11.1. The summed E-state index contributed by atoms with van der Waals surface area (Å²) in [5.41, 5.74) is 3.59. The van der Waals surface area contributed by atoms with Crippen LogP contribution in [0, 0.1) is 5.92 Å². The molecule has 168 valence electrons. The average molecular weight is 462 g/mol. The van der Waals surface area contributed by atoms with Crippen molar-refractivity contribution >= 4 is 27.5 Å². The monoisotopic (exact) mass is 461 g/mol. The van der Waals surface area contributed by atoms with E-state index >= 15 is 0 Å². The molecule has 2 aliphatic rings. The highest BCUT2D eigenvalue weighted by molar-refractivity contribution is 7.99. The SMILES string of the molecule is CCc1ccc2c(c1)CCCN2S(=O)(=O)c1ccc(OCC2CCSCC2)c(CO)c1. The van der Waals surface area contributed by atoms with Gasteiger partial charge in [0.2, 0.25) is 0 Å². The third-order valence-electron chi connectivity index (χ3n) is 6.23. The normalized spacial score (nSPS) is 17.4.